The molecule has 6 heteroatoms. The number of nitrogens with one attached hydrogen (secondary N) is 1. The van der Waals surface area contributed by atoms with Crippen molar-refractivity contribution < 1.29 is 14.1 Å². The predicted molar refractivity (Wildman–Crippen MR) is 92.8 cm³/mol. The number of benzene rings is 1. The zero-order valence-corrected chi connectivity index (χ0v) is 14.4. The Labute approximate surface area is 142 Å². The van der Waals surface area contributed by atoms with Gasteiger partial charge in [0.1, 0.15) is 5.54 Å². The zero-order chi connectivity index (χ0) is 16.9. The molecule has 2 bridgehead atoms. The first kappa shape index (κ1) is 15.6. The fourth-order valence-corrected chi connectivity index (χ4v) is 4.22. The first-order valence-electron chi connectivity index (χ1n) is 8.72. The fraction of sp³-hybridized carbons (Fsp3) is 0.556. The number of nitrogens with zero attached hydrogens (tertiary/aromatic N) is 3. The third-order valence-corrected chi connectivity index (χ3v) is 5.90. The van der Waals surface area contributed by atoms with Crippen molar-refractivity contribution >= 4 is 23.2 Å². The van der Waals surface area contributed by atoms with Crippen LogP contribution in [0.5, 0.6) is 0 Å². The van der Waals surface area contributed by atoms with E-state index in [-0.39, 0.29) is 11.8 Å². The summed E-state index contributed by atoms with van der Waals surface area (Å²) in [5.74, 6) is -0.0735. The zero-order valence-electron chi connectivity index (χ0n) is 14.4. The van der Waals surface area contributed by atoms with E-state index < -0.39 is 5.54 Å². The molecule has 5 rings (SSSR count). The summed E-state index contributed by atoms with van der Waals surface area (Å²) in [6, 6.07) is 7.57. The number of hydrogen-bond donors (Lipinski definition) is 1. The number of rotatable bonds is 2. The van der Waals surface area contributed by atoms with Gasteiger partial charge < -0.3 is 9.80 Å². The molecule has 1 aromatic rings. The smallest absolute Gasteiger partial charge is 0.283 e. The van der Waals surface area contributed by atoms with Crippen LogP contribution in [-0.2, 0) is 9.59 Å². The van der Waals surface area contributed by atoms with Gasteiger partial charge in [-0.2, -0.15) is 0 Å². The minimum atomic E-state index is -0.874. The highest BCUT2D eigenvalue weighted by Crippen LogP contribution is 2.37. The molecule has 4 aliphatic heterocycles. The van der Waals surface area contributed by atoms with Crippen molar-refractivity contribution in [2.45, 2.75) is 19.4 Å². The molecular formula is C18H25N4O2+. The molecule has 2 amide bonds. The van der Waals surface area contributed by atoms with Crippen molar-refractivity contribution in [1.29, 1.82) is 0 Å². The molecule has 3 saturated heterocycles. The van der Waals surface area contributed by atoms with Gasteiger partial charge in [0, 0.05) is 19.6 Å². The highest BCUT2D eigenvalue weighted by molar-refractivity contribution is 6.14. The van der Waals surface area contributed by atoms with Crippen molar-refractivity contribution in [2.24, 2.45) is 0 Å². The number of piperazine rings is 3. The van der Waals surface area contributed by atoms with Gasteiger partial charge in [-0.05, 0) is 26.0 Å². The SMILES string of the molecule is CC1(C)C(=O)Nc2ccccc2N1C(=O)C[N+]12CCN(CC1)CC2. The Hall–Kier alpha value is -1.92. The fourth-order valence-electron chi connectivity index (χ4n) is 4.22. The lowest BCUT2D eigenvalue weighted by Gasteiger charge is -2.51. The Morgan fingerprint density at radius 1 is 1.17 bits per heavy atom. The second-order valence-corrected chi connectivity index (χ2v) is 7.77. The second kappa shape index (κ2) is 5.29. The van der Waals surface area contributed by atoms with Crippen molar-refractivity contribution in [2.75, 3.05) is 56.0 Å². The monoisotopic (exact) mass is 329 g/mol. The van der Waals surface area contributed by atoms with E-state index in [9.17, 15) is 9.59 Å². The van der Waals surface area contributed by atoms with Gasteiger partial charge in [0.25, 0.3) is 5.91 Å². The van der Waals surface area contributed by atoms with E-state index in [4.69, 9.17) is 0 Å². The minimum absolute atomic E-state index is 0.0534. The molecule has 24 heavy (non-hydrogen) atoms. The summed E-state index contributed by atoms with van der Waals surface area (Å²) in [5.41, 5.74) is 0.654. The predicted octanol–water partition coefficient (Wildman–Crippen LogP) is 0.896. The molecular weight excluding hydrogens is 304 g/mol. The van der Waals surface area contributed by atoms with Crippen LogP contribution in [0.25, 0.3) is 0 Å². The van der Waals surface area contributed by atoms with Crippen molar-refractivity contribution in [1.82, 2.24) is 4.90 Å². The summed E-state index contributed by atoms with van der Waals surface area (Å²) >= 11 is 0. The van der Waals surface area contributed by atoms with Crippen LogP contribution < -0.4 is 10.2 Å². The van der Waals surface area contributed by atoms with E-state index in [1.54, 1.807) is 4.90 Å². The molecule has 0 aromatic heterocycles. The van der Waals surface area contributed by atoms with E-state index in [0.717, 1.165) is 55.1 Å². The average Bonchev–Trinajstić information content (AvgIpc) is 2.57. The third-order valence-electron chi connectivity index (χ3n) is 5.90. The highest BCUT2D eigenvalue weighted by Gasteiger charge is 2.47. The van der Waals surface area contributed by atoms with Gasteiger partial charge in [-0.1, -0.05) is 12.1 Å². The molecule has 1 aromatic carbocycles. The Kier molecular flexibility index (Phi) is 3.44. The number of carbonyl (C=O) groups excluding carboxylic acids is 2. The maximum atomic E-state index is 13.3. The maximum absolute atomic E-state index is 13.3. The van der Waals surface area contributed by atoms with Crippen molar-refractivity contribution in [3.63, 3.8) is 0 Å². The average molecular weight is 329 g/mol. The molecule has 0 unspecified atom stereocenters. The van der Waals surface area contributed by atoms with Gasteiger partial charge >= 0.3 is 0 Å². The lowest BCUT2D eigenvalue weighted by molar-refractivity contribution is -0.933. The molecule has 4 heterocycles. The summed E-state index contributed by atoms with van der Waals surface area (Å²) in [5, 5.41) is 2.93. The molecule has 0 aliphatic carbocycles. The van der Waals surface area contributed by atoms with E-state index in [1.165, 1.54) is 0 Å². The first-order valence-corrected chi connectivity index (χ1v) is 8.72. The second-order valence-electron chi connectivity index (χ2n) is 7.77. The molecule has 0 saturated carbocycles. The molecule has 6 nitrogen and oxygen atoms in total. The van der Waals surface area contributed by atoms with Gasteiger partial charge in [0.2, 0.25) is 5.91 Å². The quantitative estimate of drug-likeness (QED) is 0.820. The number of carbonyl (C=O) groups is 2. The third kappa shape index (κ3) is 2.32. The number of hydrogen-bond acceptors (Lipinski definition) is 3. The van der Waals surface area contributed by atoms with Gasteiger partial charge in [0.05, 0.1) is 31.0 Å². The van der Waals surface area contributed by atoms with Gasteiger partial charge in [0.15, 0.2) is 6.54 Å². The first-order chi connectivity index (χ1) is 11.4. The lowest BCUT2D eigenvalue weighted by atomic mass is 9.95. The number of quaternary nitrogens is 1. The highest BCUT2D eigenvalue weighted by atomic mass is 16.2. The van der Waals surface area contributed by atoms with Crippen LogP contribution in [0.1, 0.15) is 13.8 Å². The van der Waals surface area contributed by atoms with Crippen LogP contribution in [0.15, 0.2) is 24.3 Å². The summed E-state index contributed by atoms with van der Waals surface area (Å²) in [7, 11) is 0. The number of para-hydroxylation sites is 2. The largest absolute Gasteiger partial charge is 0.322 e. The van der Waals surface area contributed by atoms with Crippen LogP contribution in [0.2, 0.25) is 0 Å². The maximum Gasteiger partial charge on any atom is 0.283 e. The molecule has 1 N–H and O–H groups in total. The topological polar surface area (TPSA) is 52.7 Å². The summed E-state index contributed by atoms with van der Waals surface area (Å²) < 4.78 is 0.867. The molecule has 3 fully saturated rings. The standard InChI is InChI=1S/C18H24N4O2/c1-18(2)17(24)19-14-5-3-4-6-15(14)21(18)16(23)13-22-10-7-20(8-11-22)9-12-22/h3-6H,7-13H2,1-2H3/p+1. The number of amides is 2. The van der Waals surface area contributed by atoms with Crippen LogP contribution in [0.4, 0.5) is 11.4 Å². The molecule has 0 spiro atoms. The lowest BCUT2D eigenvalue weighted by Crippen LogP contribution is -2.70. The van der Waals surface area contributed by atoms with Crippen LogP contribution in [-0.4, -0.2) is 72.5 Å². The Balaban J connectivity index is 1.66. The van der Waals surface area contributed by atoms with E-state index in [0.29, 0.717) is 6.54 Å². The molecule has 0 radical (unpaired) electrons. The molecule has 128 valence electrons. The van der Waals surface area contributed by atoms with Crippen LogP contribution >= 0.6 is 0 Å². The summed E-state index contributed by atoms with van der Waals surface area (Å²) in [4.78, 5) is 30.0. The number of anilines is 2. The van der Waals surface area contributed by atoms with Gasteiger partial charge in [-0.3, -0.25) is 19.4 Å². The Bertz CT molecular complexity index is 678. The van der Waals surface area contributed by atoms with Gasteiger partial charge in [-0.15, -0.1) is 0 Å². The molecule has 4 aliphatic rings. The van der Waals surface area contributed by atoms with Gasteiger partial charge in [-0.25, -0.2) is 0 Å². The van der Waals surface area contributed by atoms with Crippen LogP contribution in [0.3, 0.4) is 0 Å². The normalized spacial score (nSPS) is 30.7. The summed E-state index contributed by atoms with van der Waals surface area (Å²) in [6.07, 6.45) is 0. The van der Waals surface area contributed by atoms with Crippen molar-refractivity contribution in [3.05, 3.63) is 24.3 Å². The number of fused-ring (bicyclic) bond motifs is 4. The van der Waals surface area contributed by atoms with E-state index in [2.05, 4.69) is 10.2 Å². The van der Waals surface area contributed by atoms with E-state index >= 15 is 0 Å². The van der Waals surface area contributed by atoms with Crippen LogP contribution in [0, 0.1) is 0 Å². The Morgan fingerprint density at radius 3 is 2.46 bits per heavy atom. The summed E-state index contributed by atoms with van der Waals surface area (Å²) in [6.45, 7) is 10.5. The van der Waals surface area contributed by atoms with E-state index in [1.807, 2.05) is 38.1 Å². The Morgan fingerprint density at radius 2 is 1.79 bits per heavy atom. The van der Waals surface area contributed by atoms with Crippen molar-refractivity contribution in [3.8, 4) is 0 Å². The molecule has 0 atom stereocenters. The minimum Gasteiger partial charge on any atom is -0.322 e.